The molecule has 2 aromatic rings. The molecule has 0 spiro atoms. The Morgan fingerprint density at radius 1 is 1.11 bits per heavy atom. The van der Waals surface area contributed by atoms with E-state index in [-0.39, 0.29) is 24.0 Å². The van der Waals surface area contributed by atoms with Crippen LogP contribution in [0.1, 0.15) is 17.5 Å². The zero-order valence-corrected chi connectivity index (χ0v) is 15.2. The minimum atomic E-state index is -4.34. The molecule has 1 fully saturated rings. The standard InChI is InChI=1S/C19H19F3N2O2S/c20-19(21,22)16-4-2-1-3-13(16)9-11-23-14-5-7-15(8-6-14)27-24-17-10-12-26-18(17)25/h1-8,17,23-24H,9-12H2. The smallest absolute Gasteiger partial charge is 0.416 e. The van der Waals surface area contributed by atoms with Crippen molar-refractivity contribution < 1.29 is 22.7 Å². The monoisotopic (exact) mass is 396 g/mol. The number of hydrogen-bond acceptors (Lipinski definition) is 5. The second kappa shape index (κ2) is 8.67. The van der Waals surface area contributed by atoms with Gasteiger partial charge in [-0.05, 0) is 54.3 Å². The lowest BCUT2D eigenvalue weighted by Gasteiger charge is -2.13. The van der Waals surface area contributed by atoms with Crippen LogP contribution >= 0.6 is 11.9 Å². The van der Waals surface area contributed by atoms with Gasteiger partial charge in [0.25, 0.3) is 0 Å². The number of nitrogens with one attached hydrogen (secondary N) is 2. The molecule has 0 saturated carbocycles. The lowest BCUT2D eigenvalue weighted by Crippen LogP contribution is -2.27. The van der Waals surface area contributed by atoms with Crippen LogP contribution in [0.5, 0.6) is 0 Å². The van der Waals surface area contributed by atoms with Crippen LogP contribution in [0.4, 0.5) is 18.9 Å². The van der Waals surface area contributed by atoms with E-state index in [1.165, 1.54) is 24.1 Å². The quantitative estimate of drug-likeness (QED) is 0.541. The molecule has 1 atom stereocenters. The van der Waals surface area contributed by atoms with Crippen molar-refractivity contribution in [2.24, 2.45) is 0 Å². The summed E-state index contributed by atoms with van der Waals surface area (Å²) in [6, 6.07) is 12.8. The van der Waals surface area contributed by atoms with Crippen molar-refractivity contribution in [3.05, 3.63) is 59.7 Å². The summed E-state index contributed by atoms with van der Waals surface area (Å²) < 4.78 is 46.9. The molecule has 4 nitrogen and oxygen atoms in total. The first-order valence-electron chi connectivity index (χ1n) is 8.51. The van der Waals surface area contributed by atoms with Gasteiger partial charge in [0.05, 0.1) is 12.2 Å². The fraction of sp³-hybridized carbons (Fsp3) is 0.316. The van der Waals surface area contributed by atoms with Gasteiger partial charge in [0.15, 0.2) is 0 Å². The van der Waals surface area contributed by atoms with Crippen LogP contribution in [-0.2, 0) is 22.1 Å². The molecule has 27 heavy (non-hydrogen) atoms. The van der Waals surface area contributed by atoms with E-state index in [1.807, 2.05) is 24.3 Å². The Morgan fingerprint density at radius 3 is 2.52 bits per heavy atom. The second-order valence-corrected chi connectivity index (χ2v) is 7.00. The molecule has 2 N–H and O–H groups in total. The summed E-state index contributed by atoms with van der Waals surface area (Å²) in [6.07, 6.45) is -3.41. The average Bonchev–Trinajstić information content (AvgIpc) is 3.05. The van der Waals surface area contributed by atoms with E-state index < -0.39 is 11.7 Å². The summed E-state index contributed by atoms with van der Waals surface area (Å²) in [5.74, 6) is -0.236. The first-order chi connectivity index (χ1) is 12.9. The third-order valence-electron chi connectivity index (χ3n) is 4.15. The van der Waals surface area contributed by atoms with Crippen molar-refractivity contribution in [1.82, 2.24) is 4.72 Å². The highest BCUT2D eigenvalue weighted by Gasteiger charge is 2.32. The van der Waals surface area contributed by atoms with E-state index in [1.54, 1.807) is 6.07 Å². The molecule has 3 rings (SSSR count). The normalized spacial score (nSPS) is 17.0. The summed E-state index contributed by atoms with van der Waals surface area (Å²) in [7, 11) is 0. The molecular formula is C19H19F3N2O2S. The van der Waals surface area contributed by atoms with Gasteiger partial charge in [0.2, 0.25) is 0 Å². The Bertz CT molecular complexity index is 781. The Labute approximate surface area is 159 Å². The highest BCUT2D eigenvalue weighted by Crippen LogP contribution is 2.32. The molecule has 2 aromatic carbocycles. The number of hydrogen-bond donors (Lipinski definition) is 2. The maximum Gasteiger partial charge on any atom is 0.416 e. The van der Waals surface area contributed by atoms with Crippen LogP contribution in [0.3, 0.4) is 0 Å². The first-order valence-corrected chi connectivity index (χ1v) is 9.33. The summed E-state index contributed by atoms with van der Waals surface area (Å²) in [5.41, 5.74) is 0.511. The van der Waals surface area contributed by atoms with Crippen LogP contribution in [0.2, 0.25) is 0 Å². The number of cyclic esters (lactones) is 1. The fourth-order valence-corrected chi connectivity index (χ4v) is 3.50. The lowest BCUT2D eigenvalue weighted by molar-refractivity contribution is -0.139. The third kappa shape index (κ3) is 5.40. The number of carbonyl (C=O) groups is 1. The molecule has 0 aromatic heterocycles. The maximum atomic E-state index is 13.0. The highest BCUT2D eigenvalue weighted by atomic mass is 32.2. The number of benzene rings is 2. The number of anilines is 1. The average molecular weight is 396 g/mol. The molecule has 1 aliphatic heterocycles. The van der Waals surface area contributed by atoms with Crippen LogP contribution in [0.25, 0.3) is 0 Å². The van der Waals surface area contributed by atoms with Gasteiger partial charge in [-0.3, -0.25) is 4.79 Å². The van der Waals surface area contributed by atoms with Crippen LogP contribution in [0, 0.1) is 0 Å². The Kier molecular flexibility index (Phi) is 6.28. The van der Waals surface area contributed by atoms with E-state index in [2.05, 4.69) is 10.0 Å². The van der Waals surface area contributed by atoms with Gasteiger partial charge < -0.3 is 10.1 Å². The van der Waals surface area contributed by atoms with Gasteiger partial charge in [-0.25, -0.2) is 4.72 Å². The van der Waals surface area contributed by atoms with Crippen molar-refractivity contribution in [2.45, 2.75) is 30.0 Å². The Balaban J connectivity index is 1.49. The van der Waals surface area contributed by atoms with Crippen molar-refractivity contribution in [1.29, 1.82) is 0 Å². The van der Waals surface area contributed by atoms with Gasteiger partial charge in [-0.15, -0.1) is 0 Å². The number of carbonyl (C=O) groups excluding carboxylic acids is 1. The number of esters is 1. The van der Waals surface area contributed by atoms with Crippen LogP contribution in [-0.4, -0.2) is 25.2 Å². The van der Waals surface area contributed by atoms with Crippen molar-refractivity contribution in [3.8, 4) is 0 Å². The van der Waals surface area contributed by atoms with E-state index in [0.29, 0.717) is 19.6 Å². The predicted octanol–water partition coefficient (Wildman–Crippen LogP) is 4.27. The minimum Gasteiger partial charge on any atom is -0.464 e. The fourth-order valence-electron chi connectivity index (χ4n) is 2.74. The molecule has 144 valence electrons. The molecule has 0 bridgehead atoms. The van der Waals surface area contributed by atoms with Crippen molar-refractivity contribution >= 4 is 23.6 Å². The first kappa shape index (κ1) is 19.6. The number of alkyl halides is 3. The van der Waals surface area contributed by atoms with Gasteiger partial charge >= 0.3 is 12.1 Å². The van der Waals surface area contributed by atoms with E-state index in [9.17, 15) is 18.0 Å². The predicted molar refractivity (Wildman–Crippen MR) is 98.4 cm³/mol. The number of halogens is 3. The molecular weight excluding hydrogens is 377 g/mol. The van der Waals surface area contributed by atoms with Gasteiger partial charge in [-0.2, -0.15) is 13.2 Å². The summed E-state index contributed by atoms with van der Waals surface area (Å²) in [4.78, 5) is 12.3. The Hall–Kier alpha value is -2.19. The molecule has 1 heterocycles. The minimum absolute atomic E-state index is 0.236. The second-order valence-electron chi connectivity index (χ2n) is 6.08. The van der Waals surface area contributed by atoms with E-state index in [0.717, 1.165) is 16.6 Å². The summed E-state index contributed by atoms with van der Waals surface area (Å²) >= 11 is 1.35. The topological polar surface area (TPSA) is 50.4 Å². The van der Waals surface area contributed by atoms with Crippen molar-refractivity contribution in [2.75, 3.05) is 18.5 Å². The van der Waals surface area contributed by atoms with E-state index >= 15 is 0 Å². The SMILES string of the molecule is O=C1OCCC1NSc1ccc(NCCc2ccccc2C(F)(F)F)cc1. The third-order valence-corrected chi connectivity index (χ3v) is 5.07. The summed E-state index contributed by atoms with van der Waals surface area (Å²) in [5, 5.41) is 3.13. The zero-order chi connectivity index (χ0) is 19.3. The van der Waals surface area contributed by atoms with Crippen LogP contribution < -0.4 is 10.0 Å². The highest BCUT2D eigenvalue weighted by molar-refractivity contribution is 7.97. The van der Waals surface area contributed by atoms with Crippen molar-refractivity contribution in [3.63, 3.8) is 0 Å². The molecule has 0 aliphatic carbocycles. The number of rotatable bonds is 7. The molecule has 1 unspecified atom stereocenters. The molecule has 8 heteroatoms. The summed E-state index contributed by atoms with van der Waals surface area (Å²) in [6.45, 7) is 0.836. The Morgan fingerprint density at radius 2 is 1.85 bits per heavy atom. The van der Waals surface area contributed by atoms with E-state index in [4.69, 9.17) is 4.74 Å². The van der Waals surface area contributed by atoms with Crippen LogP contribution in [0.15, 0.2) is 53.4 Å². The molecule has 1 saturated heterocycles. The lowest BCUT2D eigenvalue weighted by atomic mass is 10.0. The largest absolute Gasteiger partial charge is 0.464 e. The molecule has 0 radical (unpaired) electrons. The van der Waals surface area contributed by atoms with Gasteiger partial charge in [0.1, 0.15) is 6.04 Å². The number of ether oxygens (including phenoxy) is 1. The maximum absolute atomic E-state index is 13.0. The molecule has 0 amide bonds. The molecule has 1 aliphatic rings. The zero-order valence-electron chi connectivity index (χ0n) is 14.4. The van der Waals surface area contributed by atoms with Gasteiger partial charge in [0, 0.05) is 23.5 Å². The van der Waals surface area contributed by atoms with Gasteiger partial charge in [-0.1, -0.05) is 18.2 Å².